The predicted octanol–water partition coefficient (Wildman–Crippen LogP) is 3.96. The Morgan fingerprint density at radius 1 is 1.12 bits per heavy atom. The maximum atomic E-state index is 10.7. The summed E-state index contributed by atoms with van der Waals surface area (Å²) in [7, 11) is 0. The van der Waals surface area contributed by atoms with Crippen LogP contribution in [0.4, 0.5) is 5.95 Å². The Kier molecular flexibility index (Phi) is 4.48. The third-order valence-electron chi connectivity index (χ3n) is 3.97. The number of phenolic OH excluding ortho intramolecular Hbond substituents is 1. The molecule has 0 aliphatic heterocycles. The molecule has 5 nitrogen and oxygen atoms in total. The third-order valence-corrected chi connectivity index (χ3v) is 3.97. The van der Waals surface area contributed by atoms with Crippen LogP contribution < -0.4 is 5.73 Å². The van der Waals surface area contributed by atoms with Crippen molar-refractivity contribution in [2.75, 3.05) is 5.73 Å². The summed E-state index contributed by atoms with van der Waals surface area (Å²) in [5.74, 6) is 0.584. The first-order valence-electron chi connectivity index (χ1n) is 8.13. The average Bonchev–Trinajstić information content (AvgIpc) is 2.73. The highest BCUT2D eigenvalue weighted by molar-refractivity contribution is 5.85. The lowest BCUT2D eigenvalue weighted by atomic mass is 9.79. The van der Waals surface area contributed by atoms with Gasteiger partial charge in [-0.25, -0.2) is 9.66 Å². The second kappa shape index (κ2) is 5.96. The van der Waals surface area contributed by atoms with E-state index in [9.17, 15) is 5.11 Å². The summed E-state index contributed by atoms with van der Waals surface area (Å²) >= 11 is 0. The van der Waals surface area contributed by atoms with E-state index in [0.717, 1.165) is 16.8 Å². The number of rotatable bonds is 2. The number of phenols is 1. The van der Waals surface area contributed by atoms with Gasteiger partial charge in [-0.05, 0) is 29.4 Å². The zero-order chi connectivity index (χ0) is 18.3. The van der Waals surface area contributed by atoms with Crippen molar-refractivity contribution >= 4 is 12.2 Å². The first-order chi connectivity index (χ1) is 10.9. The SMILES string of the molecule is Cc1cn(N=Cc2cc(C(C)(C)C)cc(C(C)(C)C)c2O)c(N)n1. The molecular weight excluding hydrogens is 300 g/mol. The fraction of sp³-hybridized carbons (Fsp3) is 0.474. The molecule has 0 unspecified atom stereocenters. The predicted molar refractivity (Wildman–Crippen MR) is 99.9 cm³/mol. The van der Waals surface area contributed by atoms with Crippen LogP contribution in [0.1, 0.15) is 63.9 Å². The van der Waals surface area contributed by atoms with Crippen molar-refractivity contribution in [3.63, 3.8) is 0 Å². The Morgan fingerprint density at radius 2 is 1.75 bits per heavy atom. The lowest BCUT2D eigenvalue weighted by Gasteiger charge is -2.26. The van der Waals surface area contributed by atoms with Crippen LogP contribution in [0, 0.1) is 6.92 Å². The summed E-state index contributed by atoms with van der Waals surface area (Å²) in [6.45, 7) is 14.6. The summed E-state index contributed by atoms with van der Waals surface area (Å²) in [6.07, 6.45) is 3.39. The van der Waals surface area contributed by atoms with Crippen molar-refractivity contribution in [1.29, 1.82) is 0 Å². The Hall–Kier alpha value is -2.30. The van der Waals surface area contributed by atoms with E-state index in [1.54, 1.807) is 12.4 Å². The average molecular weight is 328 g/mol. The molecule has 1 heterocycles. The molecule has 0 atom stereocenters. The lowest BCUT2D eigenvalue weighted by molar-refractivity contribution is 0.444. The van der Waals surface area contributed by atoms with Gasteiger partial charge in [0.2, 0.25) is 5.95 Å². The third kappa shape index (κ3) is 3.78. The number of aromatic nitrogens is 2. The molecule has 1 aromatic carbocycles. The van der Waals surface area contributed by atoms with Crippen LogP contribution >= 0.6 is 0 Å². The summed E-state index contributed by atoms with van der Waals surface area (Å²) in [6, 6.07) is 4.07. The van der Waals surface area contributed by atoms with Crippen LogP contribution in [-0.4, -0.2) is 21.0 Å². The number of aryl methyl sites for hydroxylation is 1. The Labute approximate surface area is 144 Å². The molecule has 24 heavy (non-hydrogen) atoms. The second-order valence-electron chi connectivity index (χ2n) is 8.29. The van der Waals surface area contributed by atoms with Crippen LogP contribution in [0.3, 0.4) is 0 Å². The van der Waals surface area contributed by atoms with Gasteiger partial charge >= 0.3 is 0 Å². The normalized spacial score (nSPS) is 13.0. The van der Waals surface area contributed by atoms with Crippen molar-refractivity contribution in [3.05, 3.63) is 40.7 Å². The number of hydrogen-bond acceptors (Lipinski definition) is 4. The van der Waals surface area contributed by atoms with Crippen molar-refractivity contribution in [2.45, 2.75) is 59.3 Å². The molecule has 1 aromatic heterocycles. The van der Waals surface area contributed by atoms with E-state index in [-0.39, 0.29) is 16.6 Å². The first-order valence-corrected chi connectivity index (χ1v) is 8.13. The first kappa shape index (κ1) is 18.0. The van der Waals surface area contributed by atoms with Crippen LogP contribution in [0.2, 0.25) is 0 Å². The minimum Gasteiger partial charge on any atom is -0.507 e. The van der Waals surface area contributed by atoms with Gasteiger partial charge in [0.1, 0.15) is 5.75 Å². The van der Waals surface area contributed by atoms with Crippen molar-refractivity contribution < 1.29 is 5.11 Å². The number of nitrogens with two attached hydrogens (primary N) is 1. The largest absolute Gasteiger partial charge is 0.507 e. The fourth-order valence-electron chi connectivity index (χ4n) is 2.48. The molecule has 0 amide bonds. The van der Waals surface area contributed by atoms with Crippen LogP contribution in [0.5, 0.6) is 5.75 Å². The monoisotopic (exact) mass is 328 g/mol. The molecule has 0 radical (unpaired) electrons. The summed E-state index contributed by atoms with van der Waals surface area (Å²) in [5.41, 5.74) is 9.16. The number of imidazole rings is 1. The van der Waals surface area contributed by atoms with Gasteiger partial charge < -0.3 is 10.8 Å². The molecule has 0 aliphatic rings. The highest BCUT2D eigenvalue weighted by Crippen LogP contribution is 2.37. The number of nitrogens with zero attached hydrogens (tertiary/aromatic N) is 3. The van der Waals surface area contributed by atoms with Crippen LogP contribution in [0.15, 0.2) is 23.4 Å². The quantitative estimate of drug-likeness (QED) is 0.819. The molecule has 2 aromatic rings. The standard InChI is InChI=1S/C19H28N4O/c1-12-11-23(17(20)22-12)21-10-13-8-14(18(2,3)4)9-15(16(13)24)19(5,6)7/h8-11,24H,1-7H3,(H2,20,22). The molecule has 0 bridgehead atoms. The van der Waals surface area contributed by atoms with Gasteiger partial charge in [0.25, 0.3) is 0 Å². The van der Waals surface area contributed by atoms with Crippen molar-refractivity contribution in [2.24, 2.45) is 5.10 Å². The molecule has 0 saturated heterocycles. The summed E-state index contributed by atoms with van der Waals surface area (Å²) in [5, 5.41) is 15.1. The van der Waals surface area contributed by atoms with E-state index in [1.165, 1.54) is 4.68 Å². The van der Waals surface area contributed by atoms with Gasteiger partial charge in [-0.15, -0.1) is 0 Å². The van der Waals surface area contributed by atoms with E-state index in [2.05, 4.69) is 57.7 Å². The van der Waals surface area contributed by atoms with Gasteiger partial charge in [0.15, 0.2) is 0 Å². The number of anilines is 1. The maximum absolute atomic E-state index is 10.7. The Balaban J connectivity index is 2.58. The molecule has 0 spiro atoms. The van der Waals surface area contributed by atoms with Gasteiger partial charge in [-0.2, -0.15) is 5.10 Å². The Morgan fingerprint density at radius 3 is 2.21 bits per heavy atom. The van der Waals surface area contributed by atoms with E-state index < -0.39 is 0 Å². The highest BCUT2D eigenvalue weighted by atomic mass is 16.3. The minimum atomic E-state index is -0.168. The summed E-state index contributed by atoms with van der Waals surface area (Å²) in [4.78, 5) is 4.12. The van der Waals surface area contributed by atoms with E-state index in [1.807, 2.05) is 13.0 Å². The highest BCUT2D eigenvalue weighted by Gasteiger charge is 2.24. The van der Waals surface area contributed by atoms with Crippen LogP contribution in [-0.2, 0) is 10.8 Å². The maximum Gasteiger partial charge on any atom is 0.221 e. The van der Waals surface area contributed by atoms with Gasteiger partial charge in [-0.3, -0.25) is 0 Å². The second-order valence-corrected chi connectivity index (χ2v) is 8.29. The topological polar surface area (TPSA) is 76.4 Å². The summed E-state index contributed by atoms with van der Waals surface area (Å²) < 4.78 is 1.51. The molecule has 0 aliphatic carbocycles. The molecule has 2 rings (SSSR count). The number of benzene rings is 1. The molecule has 5 heteroatoms. The minimum absolute atomic E-state index is 0.0269. The smallest absolute Gasteiger partial charge is 0.221 e. The zero-order valence-electron chi connectivity index (χ0n) is 15.7. The molecule has 130 valence electrons. The number of nitrogen functional groups attached to an aromatic ring is 1. The molecule has 0 fully saturated rings. The van der Waals surface area contributed by atoms with Gasteiger partial charge in [0, 0.05) is 11.1 Å². The van der Waals surface area contributed by atoms with E-state index in [4.69, 9.17) is 5.73 Å². The number of aromatic hydroxyl groups is 1. The van der Waals surface area contributed by atoms with Gasteiger partial charge in [0.05, 0.1) is 18.1 Å². The zero-order valence-corrected chi connectivity index (χ0v) is 15.7. The van der Waals surface area contributed by atoms with Gasteiger partial charge in [-0.1, -0.05) is 47.6 Å². The molecular formula is C19H28N4O. The van der Waals surface area contributed by atoms with Crippen LogP contribution in [0.25, 0.3) is 0 Å². The van der Waals surface area contributed by atoms with E-state index >= 15 is 0 Å². The Bertz CT molecular complexity index is 774. The number of hydrogen-bond donors (Lipinski definition) is 2. The molecule has 0 saturated carbocycles. The van der Waals surface area contributed by atoms with Crippen molar-refractivity contribution in [3.8, 4) is 5.75 Å². The lowest BCUT2D eigenvalue weighted by Crippen LogP contribution is -2.17. The van der Waals surface area contributed by atoms with Crippen molar-refractivity contribution in [1.82, 2.24) is 9.66 Å². The van der Waals surface area contributed by atoms with E-state index in [0.29, 0.717) is 11.5 Å². The fourth-order valence-corrected chi connectivity index (χ4v) is 2.48. The molecule has 3 N–H and O–H groups in total.